The summed E-state index contributed by atoms with van der Waals surface area (Å²) in [7, 11) is 4.64. The van der Waals surface area contributed by atoms with Gasteiger partial charge >= 0.3 is 0 Å². The van der Waals surface area contributed by atoms with Crippen molar-refractivity contribution in [2.75, 3.05) is 27.1 Å². The molecule has 0 aliphatic rings. The minimum Gasteiger partial charge on any atom is -0.496 e. The fraction of sp³-hybridized carbons (Fsp3) is 0.290. The second-order valence-corrected chi connectivity index (χ2v) is 11.3. The highest BCUT2D eigenvalue weighted by atomic mass is 32.2. The van der Waals surface area contributed by atoms with Crippen LogP contribution in [-0.4, -0.2) is 54.0 Å². The summed E-state index contributed by atoms with van der Waals surface area (Å²) in [6, 6.07) is 19.9. The van der Waals surface area contributed by atoms with Crippen LogP contribution in [0.2, 0.25) is 0 Å². The zero-order valence-corrected chi connectivity index (χ0v) is 25.2. The normalized spacial score (nSPS) is 11.5. The van der Waals surface area contributed by atoms with E-state index in [1.807, 2.05) is 35.8 Å². The van der Waals surface area contributed by atoms with Crippen LogP contribution in [0.25, 0.3) is 17.1 Å². The number of aryl methyl sites for hydroxylation is 1. The van der Waals surface area contributed by atoms with Crippen molar-refractivity contribution < 1.29 is 19.0 Å². The van der Waals surface area contributed by atoms with E-state index >= 15 is 0 Å². The van der Waals surface area contributed by atoms with Gasteiger partial charge < -0.3 is 14.2 Å². The largest absolute Gasteiger partial charge is 0.496 e. The number of thioether (sulfide) groups is 1. The van der Waals surface area contributed by atoms with Gasteiger partial charge in [0, 0.05) is 22.9 Å². The number of methoxy groups -OCH3 is 3. The number of carbonyl (C=O) groups excluding carboxylic acids is 1. The second-order valence-electron chi connectivity index (χ2n) is 10.3. The number of hydrazone groups is 1. The molecule has 0 saturated carbocycles. The minimum atomic E-state index is -0.291. The van der Waals surface area contributed by atoms with Crippen molar-refractivity contribution in [1.82, 2.24) is 20.2 Å². The third-order valence-electron chi connectivity index (χ3n) is 6.40. The Morgan fingerprint density at radius 2 is 1.56 bits per heavy atom. The van der Waals surface area contributed by atoms with Crippen LogP contribution in [0.3, 0.4) is 0 Å². The number of aromatic nitrogens is 3. The van der Waals surface area contributed by atoms with E-state index in [-0.39, 0.29) is 17.1 Å². The molecule has 9 nitrogen and oxygen atoms in total. The summed E-state index contributed by atoms with van der Waals surface area (Å²) < 4.78 is 18.0. The number of rotatable bonds is 10. The summed E-state index contributed by atoms with van der Waals surface area (Å²) in [4.78, 5) is 12.7. The third-order valence-corrected chi connectivity index (χ3v) is 7.32. The molecule has 0 radical (unpaired) electrons. The van der Waals surface area contributed by atoms with Gasteiger partial charge in [-0.05, 0) is 36.1 Å². The van der Waals surface area contributed by atoms with Gasteiger partial charge in [-0.2, -0.15) is 5.10 Å². The first-order valence-electron chi connectivity index (χ1n) is 13.0. The molecular weight excluding hydrogens is 538 g/mol. The average molecular weight is 574 g/mol. The Bertz CT molecular complexity index is 1520. The van der Waals surface area contributed by atoms with Crippen molar-refractivity contribution in [1.29, 1.82) is 0 Å². The Labute approximate surface area is 244 Å². The summed E-state index contributed by atoms with van der Waals surface area (Å²) >= 11 is 1.28. The lowest BCUT2D eigenvalue weighted by Gasteiger charge is -2.19. The summed E-state index contributed by atoms with van der Waals surface area (Å²) in [5, 5.41) is 13.6. The molecule has 0 saturated heterocycles. The summed E-state index contributed by atoms with van der Waals surface area (Å²) in [6.07, 6.45) is 1.50. The van der Waals surface area contributed by atoms with Gasteiger partial charge in [0.2, 0.25) is 0 Å². The first kappa shape index (κ1) is 29.7. The van der Waals surface area contributed by atoms with Crippen LogP contribution in [0.1, 0.15) is 37.5 Å². The van der Waals surface area contributed by atoms with Crippen molar-refractivity contribution >= 4 is 23.9 Å². The second kappa shape index (κ2) is 12.9. The highest BCUT2D eigenvalue weighted by molar-refractivity contribution is 7.99. The average Bonchev–Trinajstić information content (AvgIpc) is 3.39. The lowest BCUT2D eigenvalue weighted by Crippen LogP contribution is -2.20. The molecule has 214 valence electrons. The monoisotopic (exact) mass is 573 g/mol. The van der Waals surface area contributed by atoms with Gasteiger partial charge in [0.25, 0.3) is 5.91 Å². The van der Waals surface area contributed by atoms with Crippen molar-refractivity contribution in [2.24, 2.45) is 5.10 Å². The molecule has 1 heterocycles. The molecule has 1 N–H and O–H groups in total. The van der Waals surface area contributed by atoms with Crippen LogP contribution in [0.5, 0.6) is 17.2 Å². The topological polar surface area (TPSA) is 99.9 Å². The van der Waals surface area contributed by atoms with E-state index in [0.29, 0.717) is 33.8 Å². The molecule has 1 amide bonds. The van der Waals surface area contributed by atoms with Crippen molar-refractivity contribution in [3.8, 4) is 34.3 Å². The maximum absolute atomic E-state index is 12.7. The highest BCUT2D eigenvalue weighted by Crippen LogP contribution is 2.34. The number of benzene rings is 3. The van der Waals surface area contributed by atoms with Gasteiger partial charge in [0.15, 0.2) is 22.5 Å². The maximum Gasteiger partial charge on any atom is 0.250 e. The van der Waals surface area contributed by atoms with Crippen LogP contribution < -0.4 is 19.6 Å². The van der Waals surface area contributed by atoms with Crippen LogP contribution in [-0.2, 0) is 10.2 Å². The van der Waals surface area contributed by atoms with Gasteiger partial charge in [-0.15, -0.1) is 10.2 Å². The quantitative estimate of drug-likeness (QED) is 0.145. The van der Waals surface area contributed by atoms with Crippen molar-refractivity contribution in [3.63, 3.8) is 0 Å². The Hall–Kier alpha value is -4.31. The number of nitrogens with zero attached hydrogens (tertiary/aromatic N) is 4. The summed E-state index contributed by atoms with van der Waals surface area (Å²) in [6.45, 7) is 8.60. The minimum absolute atomic E-state index is 0.0462. The number of carbonyl (C=O) groups is 1. The van der Waals surface area contributed by atoms with Gasteiger partial charge in [-0.1, -0.05) is 74.5 Å². The van der Waals surface area contributed by atoms with E-state index in [9.17, 15) is 4.79 Å². The van der Waals surface area contributed by atoms with Gasteiger partial charge in [0.05, 0.1) is 33.3 Å². The van der Waals surface area contributed by atoms with Gasteiger partial charge in [-0.3, -0.25) is 9.36 Å². The van der Waals surface area contributed by atoms with Crippen LogP contribution >= 0.6 is 11.8 Å². The standard InChI is InChI=1S/C31H35N5O4S/c1-20-8-14-24(15-9-20)36-29(21-10-12-23(13-11-21)31(2,3)4)34-35-30(36)41-19-28(37)33-32-18-22-16-26(39-6)27(40-7)17-25(22)38-5/h8-18H,19H2,1-7H3,(H,33,37)/b32-18+. The van der Waals surface area contributed by atoms with E-state index in [1.165, 1.54) is 23.5 Å². The zero-order valence-electron chi connectivity index (χ0n) is 24.4. The molecule has 0 aliphatic heterocycles. The predicted molar refractivity (Wildman–Crippen MR) is 163 cm³/mol. The van der Waals surface area contributed by atoms with Crippen LogP contribution in [0, 0.1) is 6.92 Å². The van der Waals surface area contributed by atoms with E-state index in [2.05, 4.69) is 65.8 Å². The highest BCUT2D eigenvalue weighted by Gasteiger charge is 2.19. The van der Waals surface area contributed by atoms with E-state index < -0.39 is 0 Å². The number of hydrogen-bond donors (Lipinski definition) is 1. The molecule has 41 heavy (non-hydrogen) atoms. The predicted octanol–water partition coefficient (Wildman–Crippen LogP) is 5.81. The molecule has 0 spiro atoms. The molecule has 0 fully saturated rings. The summed E-state index contributed by atoms with van der Waals surface area (Å²) in [5.74, 6) is 2.09. The van der Waals surface area contributed by atoms with E-state index in [4.69, 9.17) is 14.2 Å². The molecule has 4 aromatic rings. The molecule has 0 unspecified atom stereocenters. The smallest absolute Gasteiger partial charge is 0.250 e. The lowest BCUT2D eigenvalue weighted by atomic mass is 9.87. The maximum atomic E-state index is 12.7. The molecule has 10 heteroatoms. The number of nitrogens with one attached hydrogen (secondary N) is 1. The van der Waals surface area contributed by atoms with E-state index in [1.54, 1.807) is 33.5 Å². The molecule has 1 aromatic heterocycles. The Balaban J connectivity index is 1.52. The Kier molecular flexibility index (Phi) is 9.34. The molecule has 0 aliphatic carbocycles. The first-order chi connectivity index (χ1) is 19.6. The van der Waals surface area contributed by atoms with Gasteiger partial charge in [0.1, 0.15) is 5.75 Å². The fourth-order valence-electron chi connectivity index (χ4n) is 4.09. The molecule has 0 bridgehead atoms. The molecular formula is C31H35N5O4S. The Morgan fingerprint density at radius 3 is 2.17 bits per heavy atom. The third kappa shape index (κ3) is 7.07. The van der Waals surface area contributed by atoms with Crippen LogP contribution in [0.4, 0.5) is 0 Å². The fourth-order valence-corrected chi connectivity index (χ4v) is 4.83. The molecule has 0 atom stereocenters. The molecule has 3 aromatic carbocycles. The first-order valence-corrected chi connectivity index (χ1v) is 14.0. The molecule has 4 rings (SSSR count). The SMILES string of the molecule is COc1cc(OC)c(OC)cc1/C=N/NC(=O)CSc1nnc(-c2ccc(C(C)(C)C)cc2)n1-c1ccc(C)cc1. The van der Waals surface area contributed by atoms with Crippen LogP contribution in [0.15, 0.2) is 70.9 Å². The Morgan fingerprint density at radius 1 is 0.927 bits per heavy atom. The van der Waals surface area contributed by atoms with Crippen molar-refractivity contribution in [2.45, 2.75) is 38.3 Å². The van der Waals surface area contributed by atoms with Crippen molar-refractivity contribution in [3.05, 3.63) is 77.4 Å². The summed E-state index contributed by atoms with van der Waals surface area (Å²) in [5.41, 5.74) is 7.48. The van der Waals surface area contributed by atoms with E-state index in [0.717, 1.165) is 16.8 Å². The number of hydrogen-bond acceptors (Lipinski definition) is 8. The van der Waals surface area contributed by atoms with Gasteiger partial charge in [-0.25, -0.2) is 5.43 Å². The lowest BCUT2D eigenvalue weighted by molar-refractivity contribution is -0.118. The zero-order chi connectivity index (χ0) is 29.6. The number of amides is 1. The number of ether oxygens (including phenoxy) is 3.